The minimum absolute atomic E-state index is 0.0287. The van der Waals surface area contributed by atoms with E-state index < -0.39 is 0 Å². The second kappa shape index (κ2) is 8.77. The molecule has 6 rings (SSSR count). The SMILES string of the molecule is N[C@H](COc1cncc(-c2ccc3c(c2)C(c2ccc[nH]2)C(=O)N3)c1)Cc1c[nH]c2ccccc12. The molecule has 0 fully saturated rings. The number of anilines is 1. The van der Waals surface area contributed by atoms with Crippen molar-refractivity contribution in [2.24, 2.45) is 5.73 Å². The molecule has 5 aromatic rings. The fourth-order valence-corrected chi connectivity index (χ4v) is 4.77. The number of hydrogen-bond acceptors (Lipinski definition) is 4. The van der Waals surface area contributed by atoms with Gasteiger partial charge in [-0.3, -0.25) is 9.78 Å². The Kier molecular flexibility index (Phi) is 5.31. The van der Waals surface area contributed by atoms with E-state index in [1.165, 1.54) is 10.9 Å². The quantitative estimate of drug-likeness (QED) is 0.283. The van der Waals surface area contributed by atoms with Crippen LogP contribution in [-0.2, 0) is 11.2 Å². The van der Waals surface area contributed by atoms with Gasteiger partial charge in [0.15, 0.2) is 0 Å². The van der Waals surface area contributed by atoms with Crippen LogP contribution in [0.3, 0.4) is 0 Å². The molecule has 0 spiro atoms. The fourth-order valence-electron chi connectivity index (χ4n) is 4.77. The highest BCUT2D eigenvalue weighted by atomic mass is 16.5. The third kappa shape index (κ3) is 4.06. The Morgan fingerprint density at radius 3 is 2.80 bits per heavy atom. The number of ether oxygens (including phenoxy) is 1. The zero-order valence-electron chi connectivity index (χ0n) is 19.0. The van der Waals surface area contributed by atoms with Crippen molar-refractivity contribution in [3.63, 3.8) is 0 Å². The largest absolute Gasteiger partial charge is 0.490 e. The van der Waals surface area contributed by atoms with E-state index in [0.29, 0.717) is 18.8 Å². The van der Waals surface area contributed by atoms with Gasteiger partial charge in [0.25, 0.3) is 0 Å². The summed E-state index contributed by atoms with van der Waals surface area (Å²) >= 11 is 0. The number of H-pyrrole nitrogens is 2. The molecular formula is C28H25N5O2. The van der Waals surface area contributed by atoms with Crippen molar-refractivity contribution in [1.82, 2.24) is 15.0 Å². The molecule has 5 N–H and O–H groups in total. The highest BCUT2D eigenvalue weighted by molar-refractivity contribution is 6.05. The Morgan fingerprint density at radius 2 is 1.91 bits per heavy atom. The van der Waals surface area contributed by atoms with E-state index in [0.717, 1.165) is 33.6 Å². The van der Waals surface area contributed by atoms with Crippen LogP contribution in [0.25, 0.3) is 22.0 Å². The first-order chi connectivity index (χ1) is 17.2. The Labute approximate surface area is 202 Å². The summed E-state index contributed by atoms with van der Waals surface area (Å²) in [5.74, 6) is 0.279. The van der Waals surface area contributed by atoms with Gasteiger partial charge in [0.05, 0.1) is 6.20 Å². The van der Waals surface area contributed by atoms with Crippen molar-refractivity contribution < 1.29 is 9.53 Å². The first-order valence-corrected chi connectivity index (χ1v) is 11.6. The van der Waals surface area contributed by atoms with Crippen LogP contribution < -0.4 is 15.8 Å². The Hall–Kier alpha value is -4.36. The van der Waals surface area contributed by atoms with Gasteiger partial charge in [0.1, 0.15) is 18.3 Å². The highest BCUT2D eigenvalue weighted by Crippen LogP contribution is 2.39. The molecule has 174 valence electrons. The molecule has 0 saturated heterocycles. The van der Waals surface area contributed by atoms with Crippen molar-refractivity contribution in [2.45, 2.75) is 18.4 Å². The number of fused-ring (bicyclic) bond motifs is 2. The van der Waals surface area contributed by atoms with Crippen molar-refractivity contribution >= 4 is 22.5 Å². The topological polar surface area (TPSA) is 109 Å². The Balaban J connectivity index is 1.18. The summed E-state index contributed by atoms with van der Waals surface area (Å²) in [6.07, 6.45) is 8.05. The van der Waals surface area contributed by atoms with Crippen LogP contribution in [0.5, 0.6) is 5.75 Å². The molecule has 3 aromatic heterocycles. The number of carbonyl (C=O) groups excluding carboxylic acids is 1. The number of nitrogens with zero attached hydrogens (tertiary/aromatic N) is 1. The van der Waals surface area contributed by atoms with E-state index in [1.807, 2.05) is 60.9 Å². The maximum absolute atomic E-state index is 12.6. The smallest absolute Gasteiger partial charge is 0.237 e. The average molecular weight is 464 g/mol. The third-order valence-corrected chi connectivity index (χ3v) is 6.48. The van der Waals surface area contributed by atoms with E-state index in [2.05, 4.69) is 32.4 Å². The molecule has 7 heteroatoms. The molecule has 2 atom stereocenters. The van der Waals surface area contributed by atoms with Gasteiger partial charge in [-0.25, -0.2) is 0 Å². The second-order valence-corrected chi connectivity index (χ2v) is 8.89. The summed E-state index contributed by atoms with van der Waals surface area (Å²) in [5, 5.41) is 4.16. The predicted octanol–water partition coefficient (Wildman–Crippen LogP) is 4.59. The maximum Gasteiger partial charge on any atom is 0.237 e. The molecule has 7 nitrogen and oxygen atoms in total. The van der Waals surface area contributed by atoms with E-state index >= 15 is 0 Å². The molecule has 2 aromatic carbocycles. The van der Waals surface area contributed by atoms with Crippen LogP contribution in [0.4, 0.5) is 5.69 Å². The molecule has 0 radical (unpaired) electrons. The first-order valence-electron chi connectivity index (χ1n) is 11.6. The fraction of sp³-hybridized carbons (Fsp3) is 0.143. The van der Waals surface area contributed by atoms with E-state index in [-0.39, 0.29) is 17.9 Å². The lowest BCUT2D eigenvalue weighted by Crippen LogP contribution is -2.30. The number of benzene rings is 2. The van der Waals surface area contributed by atoms with Crippen LogP contribution >= 0.6 is 0 Å². The molecule has 35 heavy (non-hydrogen) atoms. The summed E-state index contributed by atoms with van der Waals surface area (Å²) in [7, 11) is 0. The molecule has 1 unspecified atom stereocenters. The maximum atomic E-state index is 12.6. The predicted molar refractivity (Wildman–Crippen MR) is 136 cm³/mol. The number of aromatic nitrogens is 3. The lowest BCUT2D eigenvalue weighted by atomic mass is 9.94. The number of nitrogens with two attached hydrogens (primary N) is 1. The normalized spacial score (nSPS) is 15.7. The van der Waals surface area contributed by atoms with Crippen molar-refractivity contribution in [2.75, 3.05) is 11.9 Å². The summed E-state index contributed by atoms with van der Waals surface area (Å²) in [4.78, 5) is 23.4. The zero-order valence-corrected chi connectivity index (χ0v) is 19.0. The third-order valence-electron chi connectivity index (χ3n) is 6.48. The van der Waals surface area contributed by atoms with Gasteiger partial charge in [-0.2, -0.15) is 0 Å². The minimum Gasteiger partial charge on any atom is -0.490 e. The number of carbonyl (C=O) groups is 1. The minimum atomic E-state index is -0.352. The standard InChI is InChI=1S/C28H25N5O2/c29-20(10-19-14-32-24-5-2-1-4-22(19)24)16-35-21-11-18(13-30-15-21)17-7-8-25-23(12-17)27(28(34)33-25)26-6-3-9-31-26/h1-9,11-15,20,27,31-32H,10,16,29H2,(H,33,34)/t20-,27?/m0/s1. The lowest BCUT2D eigenvalue weighted by Gasteiger charge is -2.14. The van der Waals surface area contributed by atoms with Crippen molar-refractivity contribution in [3.8, 4) is 16.9 Å². The van der Waals surface area contributed by atoms with Gasteiger partial charge in [0, 0.05) is 52.5 Å². The van der Waals surface area contributed by atoms with Crippen molar-refractivity contribution in [1.29, 1.82) is 0 Å². The molecule has 0 saturated carbocycles. The van der Waals surface area contributed by atoms with E-state index in [4.69, 9.17) is 10.5 Å². The van der Waals surface area contributed by atoms with E-state index in [9.17, 15) is 4.79 Å². The van der Waals surface area contributed by atoms with Crippen LogP contribution in [0.1, 0.15) is 22.7 Å². The number of aromatic amines is 2. The van der Waals surface area contributed by atoms with E-state index in [1.54, 1.807) is 12.4 Å². The number of pyridine rings is 1. The monoisotopic (exact) mass is 463 g/mol. The van der Waals surface area contributed by atoms with Gasteiger partial charge in [0.2, 0.25) is 5.91 Å². The summed E-state index contributed by atoms with van der Waals surface area (Å²) in [6, 6.07) is 19.8. The zero-order chi connectivity index (χ0) is 23.8. The lowest BCUT2D eigenvalue weighted by molar-refractivity contribution is -0.116. The van der Waals surface area contributed by atoms with Crippen LogP contribution in [0, 0.1) is 0 Å². The molecule has 1 aliphatic rings. The Morgan fingerprint density at radius 1 is 1.00 bits per heavy atom. The Bertz CT molecular complexity index is 1510. The van der Waals surface area contributed by atoms with Crippen molar-refractivity contribution in [3.05, 3.63) is 102 Å². The summed E-state index contributed by atoms with van der Waals surface area (Å²) in [6.45, 7) is 0.377. The second-order valence-electron chi connectivity index (χ2n) is 8.89. The molecule has 0 bridgehead atoms. The molecule has 0 aliphatic carbocycles. The van der Waals surface area contributed by atoms with Gasteiger partial charge in [-0.15, -0.1) is 0 Å². The number of para-hydroxylation sites is 1. The number of nitrogens with one attached hydrogen (secondary N) is 3. The van der Waals surface area contributed by atoms with Gasteiger partial charge in [-0.1, -0.05) is 24.3 Å². The first kappa shape index (κ1) is 21.2. The van der Waals surface area contributed by atoms with Crippen LogP contribution in [0.2, 0.25) is 0 Å². The molecular weight excluding hydrogens is 438 g/mol. The van der Waals surface area contributed by atoms with Gasteiger partial charge in [-0.05, 0) is 59.5 Å². The average Bonchev–Trinajstić information content (AvgIpc) is 3.61. The van der Waals surface area contributed by atoms with Gasteiger partial charge < -0.3 is 25.8 Å². The summed E-state index contributed by atoms with van der Waals surface area (Å²) in [5.41, 5.74) is 13.2. The van der Waals surface area contributed by atoms with Crippen LogP contribution in [0.15, 0.2) is 85.5 Å². The van der Waals surface area contributed by atoms with Crippen LogP contribution in [-0.4, -0.2) is 33.5 Å². The molecule has 1 aliphatic heterocycles. The number of rotatable bonds is 7. The number of hydrogen-bond donors (Lipinski definition) is 4. The molecule has 4 heterocycles. The number of amides is 1. The highest BCUT2D eigenvalue weighted by Gasteiger charge is 2.32. The molecule has 1 amide bonds. The summed E-state index contributed by atoms with van der Waals surface area (Å²) < 4.78 is 6.01. The van der Waals surface area contributed by atoms with Gasteiger partial charge >= 0.3 is 0 Å².